The van der Waals surface area contributed by atoms with Crippen molar-refractivity contribution < 1.29 is 18.1 Å². The van der Waals surface area contributed by atoms with Gasteiger partial charge in [0.2, 0.25) is 5.91 Å². The van der Waals surface area contributed by atoms with Crippen LogP contribution in [0.3, 0.4) is 0 Å². The van der Waals surface area contributed by atoms with Gasteiger partial charge in [-0.2, -0.15) is 0 Å². The quantitative estimate of drug-likeness (QED) is 0.403. The number of rotatable bonds is 8. The number of benzene rings is 2. The molecule has 0 spiro atoms. The van der Waals surface area contributed by atoms with Crippen molar-refractivity contribution in [3.05, 3.63) is 82.4 Å². The summed E-state index contributed by atoms with van der Waals surface area (Å²) in [6.45, 7) is 0. The van der Waals surface area contributed by atoms with Gasteiger partial charge in [0.25, 0.3) is 0 Å². The Hall–Kier alpha value is -3.24. The Kier molecular flexibility index (Phi) is 6.48. The molecule has 0 unspecified atom stereocenters. The van der Waals surface area contributed by atoms with Crippen LogP contribution >= 0.6 is 11.3 Å². The normalized spacial score (nSPS) is 12.2. The summed E-state index contributed by atoms with van der Waals surface area (Å²) in [7, 11) is -3.63. The van der Waals surface area contributed by atoms with Gasteiger partial charge < -0.3 is 10.6 Å². The van der Waals surface area contributed by atoms with E-state index in [1.807, 2.05) is 36.4 Å². The summed E-state index contributed by atoms with van der Waals surface area (Å²) < 4.78 is 23.6. The predicted molar refractivity (Wildman–Crippen MR) is 117 cm³/mol. The second kappa shape index (κ2) is 9.06. The van der Waals surface area contributed by atoms with Crippen molar-refractivity contribution in [1.82, 2.24) is 0 Å². The number of nitro groups is 1. The molecule has 10 heteroatoms. The number of anilines is 2. The number of hydrogen-bond donors (Lipinski definition) is 2. The van der Waals surface area contributed by atoms with Gasteiger partial charge in [-0.3, -0.25) is 14.9 Å². The molecule has 2 N–H and O–H groups in total. The summed E-state index contributed by atoms with van der Waals surface area (Å²) in [5.41, 5.74) is 1.05. The number of nitrogens with one attached hydrogen (secondary N) is 2. The molecule has 0 aliphatic rings. The van der Waals surface area contributed by atoms with E-state index in [4.69, 9.17) is 0 Å². The third kappa shape index (κ3) is 5.43. The van der Waals surface area contributed by atoms with E-state index in [1.54, 1.807) is 24.3 Å². The predicted octanol–water partition coefficient (Wildman–Crippen LogP) is 3.72. The molecule has 1 heterocycles. The van der Waals surface area contributed by atoms with Gasteiger partial charge in [0, 0.05) is 24.4 Å². The van der Waals surface area contributed by atoms with E-state index in [-0.39, 0.29) is 21.3 Å². The Morgan fingerprint density at radius 2 is 1.70 bits per heavy atom. The van der Waals surface area contributed by atoms with Crippen molar-refractivity contribution in [1.29, 1.82) is 0 Å². The molecule has 0 aliphatic carbocycles. The zero-order valence-electron chi connectivity index (χ0n) is 15.9. The third-order valence-electron chi connectivity index (χ3n) is 4.20. The molecule has 0 radical (unpaired) electrons. The van der Waals surface area contributed by atoms with Gasteiger partial charge in [0.05, 0.1) is 4.92 Å². The van der Waals surface area contributed by atoms with Gasteiger partial charge in [-0.25, -0.2) is 8.42 Å². The molecule has 0 saturated carbocycles. The van der Waals surface area contributed by atoms with Crippen LogP contribution in [-0.2, 0) is 21.1 Å². The molecule has 3 aromatic rings. The van der Waals surface area contributed by atoms with E-state index in [1.165, 1.54) is 0 Å². The van der Waals surface area contributed by atoms with Crippen LogP contribution in [0.15, 0.2) is 70.9 Å². The van der Waals surface area contributed by atoms with Crippen molar-refractivity contribution in [3.8, 4) is 0 Å². The van der Waals surface area contributed by atoms with E-state index in [9.17, 15) is 23.3 Å². The molecule has 0 aliphatic heterocycles. The Morgan fingerprint density at radius 1 is 1.10 bits per heavy atom. The maximum Gasteiger partial charge on any atom is 0.304 e. The summed E-state index contributed by atoms with van der Waals surface area (Å²) >= 11 is 0.737. The highest BCUT2D eigenvalue weighted by molar-refractivity contribution is 7.92. The van der Waals surface area contributed by atoms with Crippen LogP contribution < -0.4 is 10.6 Å². The topological polar surface area (TPSA) is 118 Å². The van der Waals surface area contributed by atoms with Crippen LogP contribution in [0.4, 0.5) is 16.4 Å². The average molecular weight is 446 g/mol. The Labute approximate surface area is 177 Å². The fourth-order valence-electron chi connectivity index (χ4n) is 2.75. The monoisotopic (exact) mass is 445 g/mol. The lowest BCUT2D eigenvalue weighted by atomic mass is 10.1. The maximum absolute atomic E-state index is 12.9. The Bertz CT molecular complexity index is 1150. The Balaban J connectivity index is 1.93. The number of para-hydroxylation sites is 1. The minimum absolute atomic E-state index is 0.0181. The highest BCUT2D eigenvalue weighted by Gasteiger charge is 2.28. The molecule has 1 amide bonds. The minimum Gasteiger partial charge on any atom is -0.359 e. The first-order valence-electron chi connectivity index (χ1n) is 8.88. The number of carbonyl (C=O) groups is 1. The fraction of sp³-hybridized carbons (Fsp3) is 0.150. The molecular formula is C20H19N3O5S2. The molecule has 1 atom stereocenters. The van der Waals surface area contributed by atoms with Crippen molar-refractivity contribution in [2.75, 3.05) is 16.9 Å². The number of thiophene rings is 1. The molecule has 8 nitrogen and oxygen atoms in total. The van der Waals surface area contributed by atoms with Crippen LogP contribution in [0, 0.1) is 10.1 Å². The first kappa shape index (κ1) is 21.5. The third-order valence-corrected chi connectivity index (χ3v) is 7.05. The molecular weight excluding hydrogens is 426 g/mol. The number of hydrogen-bond acceptors (Lipinski definition) is 7. The number of sulfone groups is 1. The number of amides is 1. The van der Waals surface area contributed by atoms with E-state index >= 15 is 0 Å². The van der Waals surface area contributed by atoms with Gasteiger partial charge >= 0.3 is 5.69 Å². The SMILES string of the molecule is CS(=O)(=O)c1cc([N+](=O)[O-])c(N[C@H](Cc2ccccc2)C(=O)Nc2ccccc2)s1. The van der Waals surface area contributed by atoms with Crippen molar-refractivity contribution in [2.24, 2.45) is 0 Å². The highest BCUT2D eigenvalue weighted by Crippen LogP contribution is 2.37. The first-order chi connectivity index (χ1) is 14.2. The van der Waals surface area contributed by atoms with E-state index in [0.29, 0.717) is 5.69 Å². The van der Waals surface area contributed by atoms with Crippen molar-refractivity contribution in [3.63, 3.8) is 0 Å². The summed E-state index contributed by atoms with van der Waals surface area (Å²) in [5, 5.41) is 17.1. The second-order valence-corrected chi connectivity index (χ2v) is 9.85. The highest BCUT2D eigenvalue weighted by atomic mass is 32.2. The molecule has 0 bridgehead atoms. The molecule has 2 aromatic carbocycles. The van der Waals surface area contributed by atoms with E-state index in [2.05, 4.69) is 10.6 Å². The zero-order chi connectivity index (χ0) is 21.7. The molecule has 1 aromatic heterocycles. The molecule has 0 fully saturated rings. The van der Waals surface area contributed by atoms with Crippen LogP contribution in [0.5, 0.6) is 0 Å². The van der Waals surface area contributed by atoms with Gasteiger partial charge in [0.15, 0.2) is 14.8 Å². The molecule has 0 saturated heterocycles. The van der Waals surface area contributed by atoms with Crippen LogP contribution in [0.25, 0.3) is 0 Å². The zero-order valence-corrected chi connectivity index (χ0v) is 17.6. The van der Waals surface area contributed by atoms with Crippen LogP contribution in [-0.4, -0.2) is 31.5 Å². The average Bonchev–Trinajstić information content (AvgIpc) is 3.14. The van der Waals surface area contributed by atoms with E-state index in [0.717, 1.165) is 29.2 Å². The number of carbonyl (C=O) groups excluding carboxylic acids is 1. The standard InChI is InChI=1S/C20H19N3O5S2/c1-30(27,28)18-13-17(23(25)26)20(29-18)22-16(12-14-8-4-2-5-9-14)19(24)21-15-10-6-3-7-11-15/h2-11,13,16,22H,12H2,1H3,(H,21,24)/t16-/m1/s1. The van der Waals surface area contributed by atoms with Crippen LogP contribution in [0.2, 0.25) is 0 Å². The van der Waals surface area contributed by atoms with Gasteiger partial charge in [-0.05, 0) is 17.7 Å². The van der Waals surface area contributed by atoms with Gasteiger partial charge in [0.1, 0.15) is 10.3 Å². The molecule has 30 heavy (non-hydrogen) atoms. The lowest BCUT2D eigenvalue weighted by molar-refractivity contribution is -0.383. The van der Waals surface area contributed by atoms with E-state index < -0.39 is 26.7 Å². The lowest BCUT2D eigenvalue weighted by Gasteiger charge is -2.18. The van der Waals surface area contributed by atoms with Crippen molar-refractivity contribution >= 4 is 43.5 Å². The smallest absolute Gasteiger partial charge is 0.304 e. The second-order valence-electron chi connectivity index (χ2n) is 6.55. The number of nitrogens with zero attached hydrogens (tertiary/aromatic N) is 1. The van der Waals surface area contributed by atoms with Crippen molar-refractivity contribution in [2.45, 2.75) is 16.7 Å². The lowest BCUT2D eigenvalue weighted by Crippen LogP contribution is -2.36. The summed E-state index contributed by atoms with van der Waals surface area (Å²) in [6, 6.07) is 18.2. The maximum atomic E-state index is 12.9. The van der Waals surface area contributed by atoms with Crippen LogP contribution in [0.1, 0.15) is 5.56 Å². The first-order valence-corrected chi connectivity index (χ1v) is 11.6. The fourth-order valence-corrected chi connectivity index (χ4v) is 4.74. The summed E-state index contributed by atoms with van der Waals surface area (Å²) in [5.74, 6) is -0.395. The summed E-state index contributed by atoms with van der Waals surface area (Å²) in [4.78, 5) is 23.7. The largest absolute Gasteiger partial charge is 0.359 e. The van der Waals surface area contributed by atoms with Gasteiger partial charge in [-0.15, -0.1) is 0 Å². The molecule has 3 rings (SSSR count). The minimum atomic E-state index is -3.63. The Morgan fingerprint density at radius 3 is 2.27 bits per heavy atom. The molecule has 156 valence electrons. The van der Waals surface area contributed by atoms with Gasteiger partial charge in [-0.1, -0.05) is 59.9 Å². The summed E-state index contributed by atoms with van der Waals surface area (Å²) in [6.07, 6.45) is 1.23.